The fourth-order valence-corrected chi connectivity index (χ4v) is 2.16. The molecule has 0 saturated heterocycles. The molecule has 0 spiro atoms. The molecule has 19 heavy (non-hydrogen) atoms. The molecule has 0 unspecified atom stereocenters. The Morgan fingerprint density at radius 3 is 2.53 bits per heavy atom. The van der Waals surface area contributed by atoms with Crippen molar-refractivity contribution in [1.82, 2.24) is 9.71 Å². The molecular formula is C10H15N3O5S. The number of anilines is 1. The monoisotopic (exact) mass is 289 g/mol. The molecule has 0 fully saturated rings. The molecule has 0 aliphatic heterocycles. The van der Waals surface area contributed by atoms with Crippen molar-refractivity contribution in [1.29, 1.82) is 0 Å². The molecule has 9 heteroatoms. The van der Waals surface area contributed by atoms with E-state index in [4.69, 9.17) is 10.0 Å². The third-order valence-electron chi connectivity index (χ3n) is 2.54. The predicted octanol–water partition coefficient (Wildman–Crippen LogP) is -0.496. The molecule has 5 N–H and O–H groups in total. The highest BCUT2D eigenvalue weighted by Crippen LogP contribution is 2.30. The first-order valence-corrected chi connectivity index (χ1v) is 6.89. The molecule has 8 nitrogen and oxygen atoms in total. The summed E-state index contributed by atoms with van der Waals surface area (Å²) >= 11 is 0. The highest BCUT2D eigenvalue weighted by atomic mass is 32.2. The lowest BCUT2D eigenvalue weighted by atomic mass is 10.1. The number of rotatable bonds is 2. The van der Waals surface area contributed by atoms with Gasteiger partial charge in [0.05, 0.1) is 11.8 Å². The number of nitrogens with two attached hydrogens (primary N) is 1. The Balaban J connectivity index is 0.00000180. The second-order valence-corrected chi connectivity index (χ2v) is 5.64. The van der Waals surface area contributed by atoms with Gasteiger partial charge >= 0.3 is 10.1 Å². The van der Waals surface area contributed by atoms with Crippen molar-refractivity contribution in [3.05, 3.63) is 17.2 Å². The molecule has 0 saturated carbocycles. The van der Waals surface area contributed by atoms with Crippen molar-refractivity contribution in [3.8, 4) is 5.75 Å². The van der Waals surface area contributed by atoms with Gasteiger partial charge in [0.1, 0.15) is 11.3 Å². The van der Waals surface area contributed by atoms with Gasteiger partial charge in [0.15, 0.2) is 0 Å². The van der Waals surface area contributed by atoms with Gasteiger partial charge in [-0.25, -0.2) is 4.98 Å². The van der Waals surface area contributed by atoms with E-state index in [-0.39, 0.29) is 17.2 Å². The van der Waals surface area contributed by atoms with Gasteiger partial charge in [-0.15, -0.1) is 4.73 Å². The number of aromatic hydroxyl groups is 1. The fourth-order valence-electron chi connectivity index (χ4n) is 1.74. The lowest BCUT2D eigenvalue weighted by molar-refractivity contribution is 0.299. The van der Waals surface area contributed by atoms with Gasteiger partial charge in [-0.1, -0.05) is 0 Å². The van der Waals surface area contributed by atoms with E-state index in [0.717, 1.165) is 11.0 Å². The number of imidazole rings is 1. The third-order valence-corrected chi connectivity index (χ3v) is 2.96. The van der Waals surface area contributed by atoms with Gasteiger partial charge < -0.3 is 16.3 Å². The normalized spacial score (nSPS) is 11.3. The zero-order valence-electron chi connectivity index (χ0n) is 10.6. The van der Waals surface area contributed by atoms with Crippen molar-refractivity contribution < 1.29 is 23.3 Å². The average Bonchev–Trinajstić information content (AvgIpc) is 2.52. The van der Waals surface area contributed by atoms with Gasteiger partial charge in [0.25, 0.3) is 0 Å². The van der Waals surface area contributed by atoms with Crippen LogP contribution in [0, 0.1) is 13.8 Å². The van der Waals surface area contributed by atoms with Crippen molar-refractivity contribution in [2.45, 2.75) is 13.8 Å². The molecule has 0 aliphatic carbocycles. The Morgan fingerprint density at radius 1 is 1.42 bits per heavy atom. The van der Waals surface area contributed by atoms with E-state index in [1.54, 1.807) is 13.8 Å². The smallest absolute Gasteiger partial charge is 0.324 e. The van der Waals surface area contributed by atoms with Crippen molar-refractivity contribution in [2.24, 2.45) is 0 Å². The standard InChI is InChI=1S/C10H13N3O4S.H2O/c1-5-4-7(14)6(2)9-8(5)12-10(11)13(9)17-18(3,15)16;/h4,14H,1-3H3,(H2,11,12);1H2. The molecule has 1 aromatic carbocycles. The Morgan fingerprint density at radius 2 is 2.00 bits per heavy atom. The van der Waals surface area contributed by atoms with Crippen LogP contribution in [0.5, 0.6) is 5.75 Å². The van der Waals surface area contributed by atoms with Crippen LogP contribution in [0.3, 0.4) is 0 Å². The molecule has 1 aromatic heterocycles. The van der Waals surface area contributed by atoms with E-state index >= 15 is 0 Å². The minimum absolute atomic E-state index is 0. The second kappa shape index (κ2) is 4.59. The summed E-state index contributed by atoms with van der Waals surface area (Å²) in [6.07, 6.45) is 0.906. The van der Waals surface area contributed by atoms with Gasteiger partial charge in [-0.05, 0) is 25.5 Å². The summed E-state index contributed by atoms with van der Waals surface area (Å²) in [6, 6.07) is 1.54. The molecule has 0 bridgehead atoms. The van der Waals surface area contributed by atoms with E-state index < -0.39 is 10.1 Å². The number of aromatic nitrogens is 2. The average molecular weight is 289 g/mol. The molecule has 106 valence electrons. The predicted molar refractivity (Wildman–Crippen MR) is 70.3 cm³/mol. The molecule has 0 radical (unpaired) electrons. The van der Waals surface area contributed by atoms with Gasteiger partial charge in [0, 0.05) is 5.56 Å². The van der Waals surface area contributed by atoms with Crippen LogP contribution in [0.2, 0.25) is 0 Å². The summed E-state index contributed by atoms with van der Waals surface area (Å²) in [7, 11) is -3.74. The fraction of sp³-hybridized carbons (Fsp3) is 0.300. The maximum atomic E-state index is 11.2. The lowest BCUT2D eigenvalue weighted by Gasteiger charge is -2.08. The van der Waals surface area contributed by atoms with Gasteiger partial charge in [0.2, 0.25) is 5.95 Å². The van der Waals surface area contributed by atoms with Crippen LogP contribution in [0.25, 0.3) is 11.0 Å². The van der Waals surface area contributed by atoms with Crippen LogP contribution in [-0.4, -0.2) is 35.0 Å². The van der Waals surface area contributed by atoms with E-state index in [9.17, 15) is 13.5 Å². The molecule has 2 aromatic rings. The molecule has 0 atom stereocenters. The summed E-state index contributed by atoms with van der Waals surface area (Å²) in [5, 5.41) is 9.74. The molecule has 0 amide bonds. The Kier molecular flexibility index (Phi) is 3.64. The van der Waals surface area contributed by atoms with E-state index in [2.05, 4.69) is 4.98 Å². The number of nitrogen functional groups attached to an aromatic ring is 1. The molecule has 2 rings (SSSR count). The summed E-state index contributed by atoms with van der Waals surface area (Å²) in [5.41, 5.74) is 7.59. The van der Waals surface area contributed by atoms with Crippen molar-refractivity contribution in [2.75, 3.05) is 12.0 Å². The maximum absolute atomic E-state index is 11.2. The van der Waals surface area contributed by atoms with E-state index in [1.807, 2.05) is 0 Å². The number of nitrogens with zero attached hydrogens (tertiary/aromatic N) is 2. The molecule has 0 aliphatic rings. The summed E-state index contributed by atoms with van der Waals surface area (Å²) in [6.45, 7) is 3.36. The van der Waals surface area contributed by atoms with Crippen LogP contribution < -0.4 is 10.0 Å². The largest absolute Gasteiger partial charge is 0.508 e. The van der Waals surface area contributed by atoms with Crippen molar-refractivity contribution in [3.63, 3.8) is 0 Å². The first-order chi connectivity index (χ1) is 8.20. The highest BCUT2D eigenvalue weighted by Gasteiger charge is 2.19. The van der Waals surface area contributed by atoms with E-state index in [0.29, 0.717) is 22.2 Å². The van der Waals surface area contributed by atoms with Crippen LogP contribution in [0.15, 0.2) is 6.07 Å². The highest BCUT2D eigenvalue weighted by molar-refractivity contribution is 7.86. The summed E-state index contributed by atoms with van der Waals surface area (Å²) < 4.78 is 28.0. The van der Waals surface area contributed by atoms with Crippen LogP contribution >= 0.6 is 0 Å². The first kappa shape index (κ1) is 15.1. The minimum atomic E-state index is -3.74. The maximum Gasteiger partial charge on any atom is 0.324 e. The quantitative estimate of drug-likeness (QED) is 0.764. The lowest BCUT2D eigenvalue weighted by Crippen LogP contribution is -2.20. The van der Waals surface area contributed by atoms with Gasteiger partial charge in [-0.2, -0.15) is 8.42 Å². The van der Waals surface area contributed by atoms with Crippen LogP contribution in [-0.2, 0) is 10.1 Å². The van der Waals surface area contributed by atoms with Crippen molar-refractivity contribution >= 4 is 27.1 Å². The SMILES string of the molecule is Cc1cc(O)c(C)c2c1nc(N)n2OS(C)(=O)=O.O. The zero-order valence-corrected chi connectivity index (χ0v) is 11.4. The number of phenolic OH excluding ortho intramolecular Hbond substituents is 1. The number of hydrogen-bond donors (Lipinski definition) is 2. The molecular weight excluding hydrogens is 274 g/mol. The third kappa shape index (κ3) is 2.56. The van der Waals surface area contributed by atoms with Crippen LogP contribution in [0.4, 0.5) is 5.95 Å². The number of aryl methyl sites for hydroxylation is 2. The Labute approximate surface area is 109 Å². The Hall–Kier alpha value is -2.00. The van der Waals surface area contributed by atoms with Gasteiger partial charge in [-0.3, -0.25) is 4.28 Å². The van der Waals surface area contributed by atoms with E-state index in [1.165, 1.54) is 6.07 Å². The Bertz CT molecular complexity index is 735. The summed E-state index contributed by atoms with van der Waals surface area (Å²) in [5.74, 6) is -0.0644. The number of benzene rings is 1. The second-order valence-electron chi connectivity index (χ2n) is 4.08. The van der Waals surface area contributed by atoms with Crippen LogP contribution in [0.1, 0.15) is 11.1 Å². The first-order valence-electron chi connectivity index (χ1n) is 5.07. The number of fused-ring (bicyclic) bond motifs is 1. The topological polar surface area (TPSA) is 139 Å². The number of phenols is 1. The summed E-state index contributed by atoms with van der Waals surface area (Å²) in [4.78, 5) is 4.04. The molecule has 1 heterocycles. The minimum Gasteiger partial charge on any atom is -0.508 e. The zero-order chi connectivity index (χ0) is 13.7. The number of hydrogen-bond acceptors (Lipinski definition) is 6.